The van der Waals surface area contributed by atoms with Gasteiger partial charge in [-0.15, -0.1) is 0 Å². The van der Waals surface area contributed by atoms with Gasteiger partial charge in [0.25, 0.3) is 3.67 Å². The Kier molecular flexibility index (Phi) is 4.91. The van der Waals surface area contributed by atoms with Gasteiger partial charge in [0.1, 0.15) is 0 Å². The summed E-state index contributed by atoms with van der Waals surface area (Å²) in [5.74, 6) is 0. The summed E-state index contributed by atoms with van der Waals surface area (Å²) in [6.07, 6.45) is 0. The smallest absolute Gasteiger partial charge is 0.283 e. The van der Waals surface area contributed by atoms with Gasteiger partial charge in [-0.1, -0.05) is 81.2 Å². The van der Waals surface area contributed by atoms with Crippen LogP contribution >= 0.6 is 81.2 Å². The lowest BCUT2D eigenvalue weighted by Gasteiger charge is -2.34. The molecule has 11 heteroatoms. The van der Waals surface area contributed by atoms with Gasteiger partial charge in [-0.05, 0) is 0 Å². The molecule has 0 unspecified atom stereocenters. The SMILES string of the molecule is O=S(=O)(O)C(Cl)(Cl)C(Cl)(Cl)C(Cl)(Cl)Cl. The molecule has 0 bridgehead atoms. The van der Waals surface area contributed by atoms with Crippen LogP contribution in [0.2, 0.25) is 0 Å². The first kappa shape index (κ1) is 15.9. The number of hydrogen-bond acceptors (Lipinski definition) is 2. The van der Waals surface area contributed by atoms with Gasteiger partial charge in [-0.25, -0.2) is 0 Å². The third kappa shape index (κ3) is 2.79. The van der Waals surface area contributed by atoms with Crippen LogP contribution in [0.15, 0.2) is 0 Å². The van der Waals surface area contributed by atoms with Crippen molar-refractivity contribution in [3.8, 4) is 0 Å². The van der Waals surface area contributed by atoms with Gasteiger partial charge >= 0.3 is 10.1 Å². The first-order chi connectivity index (χ1) is 5.75. The lowest BCUT2D eigenvalue weighted by atomic mass is 10.5. The van der Waals surface area contributed by atoms with Gasteiger partial charge in [0.2, 0.25) is 8.13 Å². The molecule has 1 N–H and O–H groups in total. The maximum Gasteiger partial charge on any atom is 0.302 e. The monoisotopic (exact) mass is 362 g/mol. The van der Waals surface area contributed by atoms with Crippen LogP contribution in [0.1, 0.15) is 0 Å². The summed E-state index contributed by atoms with van der Waals surface area (Å²) in [6.45, 7) is 0. The van der Waals surface area contributed by atoms with Crippen molar-refractivity contribution in [3.05, 3.63) is 0 Å². The number of rotatable bonds is 2. The average Bonchev–Trinajstić information content (AvgIpc) is 1.81. The van der Waals surface area contributed by atoms with Crippen molar-refractivity contribution in [3.63, 3.8) is 0 Å². The van der Waals surface area contributed by atoms with Crippen molar-refractivity contribution in [2.45, 2.75) is 11.8 Å². The number of alkyl halides is 7. The van der Waals surface area contributed by atoms with E-state index in [0.717, 1.165) is 0 Å². The van der Waals surface area contributed by atoms with Gasteiger partial charge in [0.15, 0.2) is 0 Å². The molecule has 14 heavy (non-hydrogen) atoms. The average molecular weight is 365 g/mol. The summed E-state index contributed by atoms with van der Waals surface area (Å²) >= 11 is 36.8. The van der Waals surface area contributed by atoms with E-state index in [9.17, 15) is 8.42 Å². The second kappa shape index (κ2) is 4.31. The minimum absolute atomic E-state index is 2.52. The van der Waals surface area contributed by atoms with E-state index in [1.165, 1.54) is 0 Å². The summed E-state index contributed by atoms with van der Waals surface area (Å²) in [5.41, 5.74) is 0. The highest BCUT2D eigenvalue weighted by atomic mass is 35.6. The van der Waals surface area contributed by atoms with E-state index in [1.807, 2.05) is 0 Å². The second-order valence-corrected chi connectivity index (χ2v) is 9.01. The molecular formula is C3HCl7O3S. The van der Waals surface area contributed by atoms with Gasteiger partial charge < -0.3 is 0 Å². The van der Waals surface area contributed by atoms with Crippen LogP contribution in [-0.4, -0.2) is 24.8 Å². The largest absolute Gasteiger partial charge is 0.302 e. The van der Waals surface area contributed by atoms with Crippen LogP contribution in [0.4, 0.5) is 0 Å². The maximum absolute atomic E-state index is 10.7. The number of hydrogen-bond donors (Lipinski definition) is 1. The zero-order chi connectivity index (χ0) is 12.0. The molecule has 0 aliphatic carbocycles. The van der Waals surface area contributed by atoms with Crippen molar-refractivity contribution >= 4 is 91.3 Å². The predicted molar refractivity (Wildman–Crippen MR) is 60.7 cm³/mol. The molecule has 0 atom stereocenters. The normalized spacial score (nSPS) is 15.7. The van der Waals surface area contributed by atoms with Gasteiger partial charge in [0.05, 0.1) is 0 Å². The van der Waals surface area contributed by atoms with E-state index < -0.39 is 21.9 Å². The zero-order valence-corrected chi connectivity index (χ0v) is 11.9. The fourth-order valence-electron chi connectivity index (χ4n) is 0.327. The third-order valence-electron chi connectivity index (χ3n) is 1.05. The molecule has 0 rings (SSSR count). The second-order valence-electron chi connectivity index (χ2n) is 2.06. The molecule has 0 aromatic rings. The molecular weight excluding hydrogens is 364 g/mol. The Morgan fingerprint density at radius 1 is 0.857 bits per heavy atom. The lowest BCUT2D eigenvalue weighted by Crippen LogP contribution is -2.51. The molecule has 3 nitrogen and oxygen atoms in total. The highest BCUT2D eigenvalue weighted by molar-refractivity contribution is 7.90. The van der Waals surface area contributed by atoms with Gasteiger partial charge in [-0.3, -0.25) is 4.55 Å². The van der Waals surface area contributed by atoms with Crippen LogP contribution in [0.5, 0.6) is 0 Å². The first-order valence-corrected chi connectivity index (χ1v) is 6.63. The molecule has 0 aromatic carbocycles. The van der Waals surface area contributed by atoms with E-state index >= 15 is 0 Å². The molecule has 86 valence electrons. The minimum Gasteiger partial charge on any atom is -0.283 e. The minimum atomic E-state index is -5.03. The van der Waals surface area contributed by atoms with Crippen molar-refractivity contribution < 1.29 is 13.0 Å². The van der Waals surface area contributed by atoms with Crippen LogP contribution in [-0.2, 0) is 10.1 Å². The first-order valence-electron chi connectivity index (χ1n) is 2.54. The fraction of sp³-hybridized carbons (Fsp3) is 1.00. The topological polar surface area (TPSA) is 54.4 Å². The fourth-order valence-corrected chi connectivity index (χ4v) is 2.56. The van der Waals surface area contributed by atoms with Crippen LogP contribution in [0.25, 0.3) is 0 Å². The zero-order valence-electron chi connectivity index (χ0n) is 5.82. The molecule has 0 aliphatic rings. The highest BCUT2D eigenvalue weighted by Crippen LogP contribution is 2.57. The van der Waals surface area contributed by atoms with E-state index in [0.29, 0.717) is 0 Å². The Morgan fingerprint density at radius 3 is 1.21 bits per heavy atom. The highest BCUT2D eigenvalue weighted by Gasteiger charge is 2.66. The summed E-state index contributed by atoms with van der Waals surface area (Å²) < 4.78 is 21.7. The third-order valence-corrected chi connectivity index (χ3v) is 6.91. The Bertz CT molecular complexity index is 314. The molecule has 0 saturated heterocycles. The van der Waals surface area contributed by atoms with Crippen LogP contribution in [0, 0.1) is 0 Å². The van der Waals surface area contributed by atoms with E-state index in [2.05, 4.69) is 0 Å². The quantitative estimate of drug-likeness (QED) is 0.602. The molecule has 0 radical (unpaired) electrons. The Labute approximate surface area is 115 Å². The van der Waals surface area contributed by atoms with Crippen molar-refractivity contribution in [2.24, 2.45) is 0 Å². The lowest BCUT2D eigenvalue weighted by molar-refractivity contribution is 0.468. The van der Waals surface area contributed by atoms with E-state index in [4.69, 9.17) is 85.8 Å². The molecule has 0 fully saturated rings. The van der Waals surface area contributed by atoms with Crippen LogP contribution < -0.4 is 0 Å². The Morgan fingerprint density at radius 2 is 1.14 bits per heavy atom. The molecule has 0 spiro atoms. The van der Waals surface area contributed by atoms with Crippen molar-refractivity contribution in [1.82, 2.24) is 0 Å². The van der Waals surface area contributed by atoms with E-state index in [-0.39, 0.29) is 0 Å². The summed E-state index contributed by atoms with van der Waals surface area (Å²) in [6, 6.07) is 0. The van der Waals surface area contributed by atoms with Gasteiger partial charge in [-0.2, -0.15) is 8.42 Å². The standard InChI is InChI=1S/C3HCl7O3S/c4-1(5,2(6,7)8)3(9,10)14(11,12)13/h(H,11,12,13). The summed E-state index contributed by atoms with van der Waals surface area (Å²) in [7, 11) is -5.03. The van der Waals surface area contributed by atoms with Crippen LogP contribution in [0.3, 0.4) is 0 Å². The summed E-state index contributed by atoms with van der Waals surface area (Å²) in [5, 5.41) is 0. The van der Waals surface area contributed by atoms with E-state index in [1.54, 1.807) is 0 Å². The number of halogens is 7. The molecule has 0 heterocycles. The molecule has 0 aromatic heterocycles. The Hall–Kier alpha value is 1.94. The van der Waals surface area contributed by atoms with Crippen molar-refractivity contribution in [2.75, 3.05) is 0 Å². The molecule has 0 aliphatic heterocycles. The molecule has 0 amide bonds. The summed E-state index contributed by atoms with van der Waals surface area (Å²) in [4.78, 5) is 0. The van der Waals surface area contributed by atoms with Crippen molar-refractivity contribution in [1.29, 1.82) is 0 Å². The Balaban J connectivity index is 5.54. The molecule has 0 saturated carbocycles. The maximum atomic E-state index is 10.7. The van der Waals surface area contributed by atoms with Gasteiger partial charge in [0, 0.05) is 0 Å². The predicted octanol–water partition coefficient (Wildman–Crippen LogP) is 3.55.